The molecule has 0 radical (unpaired) electrons. The number of hydrogen-bond donors (Lipinski definition) is 1. The second-order valence-electron chi connectivity index (χ2n) is 5.36. The number of nitrogens with zero attached hydrogens (tertiary/aromatic N) is 1. The van der Waals surface area contributed by atoms with Gasteiger partial charge >= 0.3 is 0 Å². The molecule has 0 atom stereocenters. The quantitative estimate of drug-likeness (QED) is 0.576. The number of fused-ring (bicyclic) bond motifs is 1. The maximum atomic E-state index is 11.8. The lowest BCUT2D eigenvalue weighted by atomic mass is 10.2. The molecule has 0 unspecified atom stereocenters. The van der Waals surface area contributed by atoms with Gasteiger partial charge in [0, 0.05) is 21.2 Å². The van der Waals surface area contributed by atoms with Crippen LogP contribution in [0.4, 0.5) is 5.69 Å². The molecule has 2 aromatic carbocycles. The van der Waals surface area contributed by atoms with Crippen molar-refractivity contribution in [1.29, 1.82) is 0 Å². The van der Waals surface area contributed by atoms with Crippen LogP contribution in [0.3, 0.4) is 0 Å². The van der Waals surface area contributed by atoms with E-state index in [4.69, 9.17) is 4.42 Å². The first-order valence-electron chi connectivity index (χ1n) is 7.62. The van der Waals surface area contributed by atoms with Crippen molar-refractivity contribution >= 4 is 45.3 Å². The van der Waals surface area contributed by atoms with Gasteiger partial charge in [0.1, 0.15) is 5.52 Å². The molecular formula is C18H17IN2O2. The summed E-state index contributed by atoms with van der Waals surface area (Å²) in [5.41, 5.74) is 3.15. The van der Waals surface area contributed by atoms with Gasteiger partial charge in [-0.1, -0.05) is 19.4 Å². The van der Waals surface area contributed by atoms with Crippen LogP contribution in [-0.4, -0.2) is 10.9 Å². The Morgan fingerprint density at radius 3 is 2.91 bits per heavy atom. The number of aromatic nitrogens is 1. The van der Waals surface area contributed by atoms with E-state index < -0.39 is 0 Å². The Hall–Kier alpha value is -1.89. The van der Waals surface area contributed by atoms with Crippen LogP contribution >= 0.6 is 22.6 Å². The highest BCUT2D eigenvalue weighted by Crippen LogP contribution is 2.27. The topological polar surface area (TPSA) is 55.1 Å². The molecule has 5 heteroatoms. The zero-order valence-corrected chi connectivity index (χ0v) is 15.0. The number of nitrogens with one attached hydrogen (secondary N) is 1. The summed E-state index contributed by atoms with van der Waals surface area (Å²) in [6.07, 6.45) is 2.45. The molecule has 1 aromatic heterocycles. The number of hydrogen-bond acceptors (Lipinski definition) is 3. The average Bonchev–Trinajstić information content (AvgIpc) is 2.96. The van der Waals surface area contributed by atoms with Crippen molar-refractivity contribution in [3.8, 4) is 11.5 Å². The van der Waals surface area contributed by atoms with Gasteiger partial charge in [-0.3, -0.25) is 4.79 Å². The van der Waals surface area contributed by atoms with E-state index in [0.717, 1.165) is 33.2 Å². The highest BCUT2D eigenvalue weighted by molar-refractivity contribution is 14.1. The van der Waals surface area contributed by atoms with E-state index in [2.05, 4.69) is 39.8 Å². The number of carbonyl (C=O) groups is 1. The predicted octanol–water partition coefficient (Wildman–Crippen LogP) is 5.23. The van der Waals surface area contributed by atoms with Crippen LogP contribution in [0.15, 0.2) is 46.9 Å². The molecule has 1 heterocycles. The van der Waals surface area contributed by atoms with Gasteiger partial charge in [-0.2, -0.15) is 0 Å². The molecule has 4 nitrogen and oxygen atoms in total. The van der Waals surface area contributed by atoms with Crippen LogP contribution < -0.4 is 5.32 Å². The molecular weight excluding hydrogens is 403 g/mol. The normalized spacial score (nSPS) is 10.9. The third kappa shape index (κ3) is 3.90. The van der Waals surface area contributed by atoms with Gasteiger partial charge in [-0.25, -0.2) is 4.98 Å². The molecule has 0 bridgehead atoms. The highest BCUT2D eigenvalue weighted by atomic mass is 127. The van der Waals surface area contributed by atoms with Crippen molar-refractivity contribution in [3.05, 3.63) is 46.0 Å². The molecule has 1 amide bonds. The Morgan fingerprint density at radius 2 is 2.13 bits per heavy atom. The molecule has 0 aliphatic carbocycles. The smallest absolute Gasteiger partial charge is 0.227 e. The summed E-state index contributed by atoms with van der Waals surface area (Å²) in [5.74, 6) is 0.625. The third-order valence-corrected chi connectivity index (χ3v) is 4.17. The van der Waals surface area contributed by atoms with Crippen LogP contribution in [0.1, 0.15) is 26.2 Å². The minimum absolute atomic E-state index is 0.0348. The van der Waals surface area contributed by atoms with E-state index in [9.17, 15) is 4.79 Å². The van der Waals surface area contributed by atoms with Gasteiger partial charge in [-0.15, -0.1) is 0 Å². The van der Waals surface area contributed by atoms with Gasteiger partial charge in [0.05, 0.1) is 0 Å². The summed E-state index contributed by atoms with van der Waals surface area (Å²) in [5, 5.41) is 2.91. The van der Waals surface area contributed by atoms with Crippen molar-refractivity contribution in [2.24, 2.45) is 0 Å². The van der Waals surface area contributed by atoms with E-state index in [-0.39, 0.29) is 5.91 Å². The maximum absolute atomic E-state index is 11.8. The van der Waals surface area contributed by atoms with Gasteiger partial charge < -0.3 is 9.73 Å². The van der Waals surface area contributed by atoms with Crippen LogP contribution in [0.5, 0.6) is 0 Å². The lowest BCUT2D eigenvalue weighted by molar-refractivity contribution is -0.116. The summed E-state index contributed by atoms with van der Waals surface area (Å²) in [6.45, 7) is 2.07. The molecule has 3 aromatic rings. The summed E-state index contributed by atoms with van der Waals surface area (Å²) in [7, 11) is 0. The minimum Gasteiger partial charge on any atom is -0.436 e. The zero-order valence-electron chi connectivity index (χ0n) is 12.8. The van der Waals surface area contributed by atoms with Crippen molar-refractivity contribution in [2.45, 2.75) is 26.2 Å². The first kappa shape index (κ1) is 16.0. The monoisotopic (exact) mass is 420 g/mol. The molecule has 3 rings (SSSR count). The zero-order chi connectivity index (χ0) is 16.2. The first-order chi connectivity index (χ1) is 11.2. The fourth-order valence-electron chi connectivity index (χ4n) is 2.31. The number of amides is 1. The van der Waals surface area contributed by atoms with Crippen LogP contribution in [0, 0.1) is 3.57 Å². The average molecular weight is 420 g/mol. The van der Waals surface area contributed by atoms with Gasteiger partial charge in [-0.05, 0) is 65.4 Å². The molecule has 0 fully saturated rings. The lowest BCUT2D eigenvalue weighted by Crippen LogP contribution is -2.10. The second-order valence-corrected chi connectivity index (χ2v) is 6.61. The number of rotatable bonds is 5. The molecule has 1 N–H and O–H groups in total. The largest absolute Gasteiger partial charge is 0.436 e. The van der Waals surface area contributed by atoms with E-state index in [1.807, 2.05) is 42.5 Å². The second kappa shape index (κ2) is 7.12. The highest BCUT2D eigenvalue weighted by Gasteiger charge is 2.10. The minimum atomic E-state index is 0.0348. The van der Waals surface area contributed by atoms with E-state index in [1.54, 1.807) is 0 Å². The Balaban J connectivity index is 1.85. The predicted molar refractivity (Wildman–Crippen MR) is 100 cm³/mol. The van der Waals surface area contributed by atoms with Gasteiger partial charge in [0.2, 0.25) is 11.8 Å². The molecule has 23 heavy (non-hydrogen) atoms. The summed E-state index contributed by atoms with van der Waals surface area (Å²) >= 11 is 2.26. The van der Waals surface area contributed by atoms with E-state index >= 15 is 0 Å². The number of unbranched alkanes of at least 4 members (excludes halogenated alkanes) is 1. The van der Waals surface area contributed by atoms with Gasteiger partial charge in [0.25, 0.3) is 0 Å². The Kier molecular flexibility index (Phi) is 4.95. The molecule has 0 aliphatic rings. The Bertz CT molecular complexity index is 842. The third-order valence-electron chi connectivity index (χ3n) is 3.50. The van der Waals surface area contributed by atoms with E-state index in [0.29, 0.717) is 17.9 Å². The molecule has 0 saturated carbocycles. The fourth-order valence-corrected chi connectivity index (χ4v) is 2.85. The summed E-state index contributed by atoms with van der Waals surface area (Å²) < 4.78 is 6.94. The summed E-state index contributed by atoms with van der Waals surface area (Å²) in [6, 6.07) is 13.5. The van der Waals surface area contributed by atoms with Gasteiger partial charge in [0.15, 0.2) is 5.58 Å². The van der Waals surface area contributed by atoms with Crippen LogP contribution in [0.25, 0.3) is 22.6 Å². The van der Waals surface area contributed by atoms with Crippen LogP contribution in [-0.2, 0) is 4.79 Å². The number of halogens is 1. The number of benzene rings is 2. The Labute approximate surface area is 148 Å². The van der Waals surface area contributed by atoms with Crippen molar-refractivity contribution in [2.75, 3.05) is 5.32 Å². The van der Waals surface area contributed by atoms with Crippen molar-refractivity contribution < 1.29 is 9.21 Å². The summed E-state index contributed by atoms with van der Waals surface area (Å²) in [4.78, 5) is 16.3. The van der Waals surface area contributed by atoms with Crippen molar-refractivity contribution in [3.63, 3.8) is 0 Å². The SMILES string of the molecule is CCCCC(=O)Nc1ccc2oc(-c3cccc(I)c3)nc2c1. The molecule has 0 aliphatic heterocycles. The standard InChI is InChI=1S/C18H17IN2O2/c1-2-3-7-17(22)20-14-8-9-16-15(11-14)21-18(23-16)12-5-4-6-13(19)10-12/h4-6,8-11H,2-3,7H2,1H3,(H,20,22). The van der Waals surface area contributed by atoms with E-state index in [1.165, 1.54) is 0 Å². The molecule has 118 valence electrons. The lowest BCUT2D eigenvalue weighted by Gasteiger charge is -2.03. The van der Waals surface area contributed by atoms with Crippen LogP contribution in [0.2, 0.25) is 0 Å². The number of carbonyl (C=O) groups excluding carboxylic acids is 1. The Morgan fingerprint density at radius 1 is 1.26 bits per heavy atom. The molecule has 0 saturated heterocycles. The first-order valence-corrected chi connectivity index (χ1v) is 8.70. The molecule has 0 spiro atoms. The number of oxazole rings is 1. The number of anilines is 1. The van der Waals surface area contributed by atoms with Crippen molar-refractivity contribution in [1.82, 2.24) is 4.98 Å². The maximum Gasteiger partial charge on any atom is 0.227 e. The fraction of sp³-hybridized carbons (Fsp3) is 0.222.